The van der Waals surface area contributed by atoms with Gasteiger partial charge in [0.15, 0.2) is 0 Å². The number of benzene rings is 1. The first-order chi connectivity index (χ1) is 9.40. The minimum atomic E-state index is 0.858. The number of aromatic nitrogens is 1. The molecule has 3 heterocycles. The molecule has 0 fully saturated rings. The van der Waals surface area contributed by atoms with E-state index >= 15 is 0 Å². The highest BCUT2D eigenvalue weighted by Gasteiger charge is 2.13. The molecule has 0 atom stereocenters. The highest BCUT2D eigenvalue weighted by Crippen LogP contribution is 2.18. The van der Waals surface area contributed by atoms with Crippen LogP contribution in [0.5, 0.6) is 0 Å². The fraction of sp³-hybridized carbons (Fsp3) is 0.286. The lowest BCUT2D eigenvalue weighted by atomic mass is 10.1. The van der Waals surface area contributed by atoms with E-state index < -0.39 is 0 Å². The van der Waals surface area contributed by atoms with Gasteiger partial charge in [-0.15, -0.1) is 0 Å². The summed E-state index contributed by atoms with van der Waals surface area (Å²) in [6.07, 6.45) is 0. The van der Waals surface area contributed by atoms with Crippen molar-refractivity contribution in [2.75, 3.05) is 26.2 Å². The zero-order chi connectivity index (χ0) is 12.7. The van der Waals surface area contributed by atoms with E-state index in [2.05, 4.69) is 49.9 Å². The molecule has 4 rings (SSSR count). The monoisotopic (exact) mass is 253 g/mol. The summed E-state index contributed by atoms with van der Waals surface area (Å²) < 4.78 is 0. The number of H-pyrrole nitrogens is 1. The fourth-order valence-electron chi connectivity index (χ4n) is 2.57. The predicted molar refractivity (Wildman–Crippen MR) is 77.1 cm³/mol. The lowest BCUT2D eigenvalue weighted by Crippen LogP contribution is -2.19. The number of aliphatic imine (C=N–C) groups is 2. The molecular weight excluding hydrogens is 238 g/mol. The van der Waals surface area contributed by atoms with E-state index in [1.54, 1.807) is 0 Å². The molecule has 0 unspecified atom stereocenters. The highest BCUT2D eigenvalue weighted by atomic mass is 15.1. The van der Waals surface area contributed by atoms with E-state index in [9.17, 15) is 0 Å². The van der Waals surface area contributed by atoms with Crippen molar-refractivity contribution in [2.45, 2.75) is 0 Å². The van der Waals surface area contributed by atoms with Crippen LogP contribution in [0.4, 0.5) is 0 Å². The summed E-state index contributed by atoms with van der Waals surface area (Å²) >= 11 is 0. The zero-order valence-corrected chi connectivity index (χ0v) is 10.5. The number of fused-ring (bicyclic) bond motifs is 1. The second kappa shape index (κ2) is 4.12. The van der Waals surface area contributed by atoms with Crippen molar-refractivity contribution >= 4 is 22.6 Å². The number of hydrogen-bond acceptors (Lipinski definition) is 4. The molecule has 0 radical (unpaired) electrons. The largest absolute Gasteiger partial charge is 0.368 e. The minimum Gasteiger partial charge on any atom is -0.368 e. The summed E-state index contributed by atoms with van der Waals surface area (Å²) in [5.74, 6) is 1.96. The second-order valence-corrected chi connectivity index (χ2v) is 4.80. The molecule has 0 spiro atoms. The van der Waals surface area contributed by atoms with Gasteiger partial charge in [-0.25, -0.2) is 0 Å². The molecule has 0 saturated heterocycles. The van der Waals surface area contributed by atoms with Crippen LogP contribution in [0.15, 0.2) is 34.3 Å². The van der Waals surface area contributed by atoms with E-state index in [1.165, 1.54) is 5.39 Å². The Bertz CT molecular complexity index is 673. The van der Waals surface area contributed by atoms with Gasteiger partial charge in [0.1, 0.15) is 11.7 Å². The molecule has 2 aromatic rings. The normalized spacial score (nSPS) is 18.1. The third kappa shape index (κ3) is 1.78. The van der Waals surface area contributed by atoms with E-state index in [4.69, 9.17) is 0 Å². The Labute approximate surface area is 110 Å². The topological polar surface area (TPSA) is 64.6 Å². The lowest BCUT2D eigenvalue weighted by Gasteiger charge is -2.01. The van der Waals surface area contributed by atoms with Gasteiger partial charge < -0.3 is 15.6 Å². The summed E-state index contributed by atoms with van der Waals surface area (Å²) in [5, 5.41) is 7.79. The van der Waals surface area contributed by atoms with Gasteiger partial charge in [-0.3, -0.25) is 9.98 Å². The van der Waals surface area contributed by atoms with Gasteiger partial charge in [-0.2, -0.15) is 0 Å². The number of rotatable bonds is 2. The third-order valence-electron chi connectivity index (χ3n) is 3.50. The van der Waals surface area contributed by atoms with Crippen LogP contribution in [0.3, 0.4) is 0 Å². The molecule has 96 valence electrons. The van der Waals surface area contributed by atoms with Crippen molar-refractivity contribution in [2.24, 2.45) is 9.98 Å². The maximum atomic E-state index is 4.45. The molecule has 5 heteroatoms. The first-order valence-electron chi connectivity index (χ1n) is 6.60. The molecule has 19 heavy (non-hydrogen) atoms. The van der Waals surface area contributed by atoms with Crippen molar-refractivity contribution in [1.82, 2.24) is 15.6 Å². The predicted octanol–water partition coefficient (Wildman–Crippen LogP) is 0.867. The smallest absolute Gasteiger partial charge is 0.145 e. The first kappa shape index (κ1) is 10.6. The average Bonchev–Trinajstić information content (AvgIpc) is 3.18. The summed E-state index contributed by atoms with van der Waals surface area (Å²) in [7, 11) is 0. The fourth-order valence-corrected chi connectivity index (χ4v) is 2.57. The Morgan fingerprint density at radius 2 is 1.68 bits per heavy atom. The van der Waals surface area contributed by atoms with E-state index in [0.717, 1.165) is 54.6 Å². The molecule has 1 aromatic heterocycles. The van der Waals surface area contributed by atoms with Crippen LogP contribution in [0.25, 0.3) is 10.9 Å². The zero-order valence-electron chi connectivity index (χ0n) is 10.5. The van der Waals surface area contributed by atoms with Gasteiger partial charge in [0, 0.05) is 29.6 Å². The summed E-state index contributed by atoms with van der Waals surface area (Å²) in [6, 6.07) is 8.52. The molecule has 5 nitrogen and oxygen atoms in total. The Morgan fingerprint density at radius 1 is 0.895 bits per heavy atom. The van der Waals surface area contributed by atoms with Gasteiger partial charge in [0.2, 0.25) is 0 Å². The number of nitrogens with one attached hydrogen (secondary N) is 3. The standard InChI is InChI=1S/C14H15N5/c1-2-10(13-15-3-4-16-13)8-11-9(1)7-12(19-11)14-17-5-6-18-14/h1-2,7-8,19H,3-6H2,(H,15,16)(H,17,18). The van der Waals surface area contributed by atoms with Gasteiger partial charge in [-0.05, 0) is 12.1 Å². The van der Waals surface area contributed by atoms with Crippen molar-refractivity contribution < 1.29 is 0 Å². The van der Waals surface area contributed by atoms with Crippen LogP contribution >= 0.6 is 0 Å². The number of nitrogens with zero attached hydrogens (tertiary/aromatic N) is 2. The number of amidine groups is 2. The van der Waals surface area contributed by atoms with Gasteiger partial charge in [-0.1, -0.05) is 12.1 Å². The van der Waals surface area contributed by atoms with Crippen molar-refractivity contribution in [3.8, 4) is 0 Å². The summed E-state index contributed by atoms with van der Waals surface area (Å²) in [4.78, 5) is 12.3. The first-order valence-corrected chi connectivity index (χ1v) is 6.60. The Morgan fingerprint density at radius 3 is 2.42 bits per heavy atom. The molecule has 2 aliphatic heterocycles. The molecule has 0 bridgehead atoms. The van der Waals surface area contributed by atoms with Crippen LogP contribution in [0.1, 0.15) is 11.3 Å². The number of hydrogen-bond donors (Lipinski definition) is 3. The van der Waals surface area contributed by atoms with Crippen LogP contribution in [0.2, 0.25) is 0 Å². The van der Waals surface area contributed by atoms with E-state index in [0.29, 0.717) is 0 Å². The SMILES string of the molecule is c1cc2cc(C3=NCCN3)[nH]c2cc1C1=NCCN1. The van der Waals surface area contributed by atoms with Crippen molar-refractivity contribution in [3.63, 3.8) is 0 Å². The molecule has 2 aliphatic rings. The average molecular weight is 253 g/mol. The Balaban J connectivity index is 1.76. The van der Waals surface area contributed by atoms with Crippen LogP contribution in [0, 0.1) is 0 Å². The second-order valence-electron chi connectivity index (χ2n) is 4.80. The molecule has 0 saturated carbocycles. The van der Waals surface area contributed by atoms with Gasteiger partial charge in [0.25, 0.3) is 0 Å². The molecular formula is C14H15N5. The van der Waals surface area contributed by atoms with Crippen LogP contribution < -0.4 is 10.6 Å². The van der Waals surface area contributed by atoms with Gasteiger partial charge in [0.05, 0.1) is 18.8 Å². The summed E-state index contributed by atoms with van der Waals surface area (Å²) in [6.45, 7) is 3.58. The molecule has 1 aromatic carbocycles. The van der Waals surface area contributed by atoms with Crippen LogP contribution in [-0.2, 0) is 0 Å². The molecule has 3 N–H and O–H groups in total. The van der Waals surface area contributed by atoms with Gasteiger partial charge >= 0.3 is 0 Å². The highest BCUT2D eigenvalue weighted by molar-refractivity contribution is 6.05. The molecule has 0 aliphatic carbocycles. The van der Waals surface area contributed by atoms with Crippen molar-refractivity contribution in [1.29, 1.82) is 0 Å². The van der Waals surface area contributed by atoms with E-state index in [1.807, 2.05) is 0 Å². The number of aromatic amines is 1. The quantitative estimate of drug-likeness (QED) is 0.743. The maximum absolute atomic E-state index is 4.45. The Kier molecular flexibility index (Phi) is 2.30. The molecule has 0 amide bonds. The maximum Gasteiger partial charge on any atom is 0.145 e. The minimum absolute atomic E-state index is 0.858. The Hall–Kier alpha value is -2.30. The van der Waals surface area contributed by atoms with E-state index in [-0.39, 0.29) is 0 Å². The summed E-state index contributed by atoms with van der Waals surface area (Å²) in [5.41, 5.74) is 3.32. The lowest BCUT2D eigenvalue weighted by molar-refractivity contribution is 0.959. The third-order valence-corrected chi connectivity index (χ3v) is 3.50. The van der Waals surface area contributed by atoms with Crippen LogP contribution in [-0.4, -0.2) is 42.8 Å². The van der Waals surface area contributed by atoms with Crippen molar-refractivity contribution in [3.05, 3.63) is 35.5 Å².